The van der Waals surface area contributed by atoms with Crippen molar-refractivity contribution in [1.29, 1.82) is 0 Å². The van der Waals surface area contributed by atoms with Gasteiger partial charge in [0.1, 0.15) is 5.82 Å². The highest BCUT2D eigenvalue weighted by molar-refractivity contribution is 5.87. The quantitative estimate of drug-likeness (QED) is 0.478. The number of likely N-dealkylation sites (tertiary alicyclic amines) is 1. The fourth-order valence-electron chi connectivity index (χ4n) is 3.63. The van der Waals surface area contributed by atoms with Crippen molar-refractivity contribution in [1.82, 2.24) is 29.4 Å². The van der Waals surface area contributed by atoms with Gasteiger partial charge in [0.2, 0.25) is 11.9 Å². The first-order valence-corrected chi connectivity index (χ1v) is 10.3. The second-order valence-corrected chi connectivity index (χ2v) is 7.32. The van der Waals surface area contributed by atoms with E-state index >= 15 is 0 Å². The molecule has 0 unspecified atom stereocenters. The molecule has 4 aromatic rings. The normalized spacial score (nSPS) is 13.7. The first kappa shape index (κ1) is 19.0. The Balaban J connectivity index is 1.49. The molecule has 1 aromatic carbocycles. The molecule has 156 valence electrons. The number of rotatable bonds is 7. The minimum Gasteiger partial charge on any atom is -0.341 e. The van der Waals surface area contributed by atoms with Crippen molar-refractivity contribution in [3.63, 3.8) is 0 Å². The molecule has 0 atom stereocenters. The van der Waals surface area contributed by atoms with Gasteiger partial charge in [-0.05, 0) is 30.7 Å². The SMILES string of the molecule is O=C1CCCN1CCn1cnc2c(Nc3ccccc3)nc(Nc3ccccn3)nc21. The lowest BCUT2D eigenvalue weighted by Crippen LogP contribution is -2.28. The van der Waals surface area contributed by atoms with Crippen LogP contribution in [0.1, 0.15) is 12.8 Å². The number of amides is 1. The lowest BCUT2D eigenvalue weighted by Gasteiger charge is -2.16. The van der Waals surface area contributed by atoms with Crippen LogP contribution in [0, 0.1) is 0 Å². The van der Waals surface area contributed by atoms with Crippen molar-refractivity contribution in [2.45, 2.75) is 19.4 Å². The first-order chi connectivity index (χ1) is 15.3. The van der Waals surface area contributed by atoms with Crippen LogP contribution in [0.3, 0.4) is 0 Å². The number of hydrogen-bond acceptors (Lipinski definition) is 7. The van der Waals surface area contributed by atoms with Crippen LogP contribution in [-0.2, 0) is 11.3 Å². The van der Waals surface area contributed by atoms with Crippen molar-refractivity contribution >= 4 is 40.3 Å². The number of nitrogens with one attached hydrogen (secondary N) is 2. The standard InChI is InChI=1S/C22H22N8O/c31-18-10-6-12-29(18)13-14-30-15-24-19-20(25-16-7-2-1-3-8-16)27-22(28-21(19)30)26-17-9-4-5-11-23-17/h1-5,7-9,11,15H,6,10,12-14H2,(H2,23,25,26,27,28). The van der Waals surface area contributed by atoms with Gasteiger partial charge in [-0.25, -0.2) is 9.97 Å². The highest BCUT2D eigenvalue weighted by atomic mass is 16.2. The Morgan fingerprint density at radius 3 is 2.58 bits per heavy atom. The van der Waals surface area contributed by atoms with Crippen molar-refractivity contribution in [3.8, 4) is 0 Å². The third-order valence-corrected chi connectivity index (χ3v) is 5.19. The Morgan fingerprint density at radius 1 is 0.935 bits per heavy atom. The van der Waals surface area contributed by atoms with Crippen molar-refractivity contribution in [2.24, 2.45) is 0 Å². The van der Waals surface area contributed by atoms with Crippen molar-refractivity contribution < 1.29 is 4.79 Å². The third-order valence-electron chi connectivity index (χ3n) is 5.19. The van der Waals surface area contributed by atoms with Crippen LogP contribution < -0.4 is 10.6 Å². The molecule has 0 saturated carbocycles. The van der Waals surface area contributed by atoms with Gasteiger partial charge in [-0.1, -0.05) is 24.3 Å². The van der Waals surface area contributed by atoms with Crippen molar-refractivity contribution in [3.05, 3.63) is 61.1 Å². The molecule has 5 rings (SSSR count). The molecular formula is C22H22N8O. The summed E-state index contributed by atoms with van der Waals surface area (Å²) in [5.41, 5.74) is 2.27. The van der Waals surface area contributed by atoms with E-state index in [1.54, 1.807) is 12.5 Å². The number of benzene rings is 1. The zero-order chi connectivity index (χ0) is 21.0. The molecule has 9 heteroatoms. The lowest BCUT2D eigenvalue weighted by molar-refractivity contribution is -0.127. The molecule has 2 N–H and O–H groups in total. The molecule has 1 aliphatic rings. The van der Waals surface area contributed by atoms with E-state index in [0.717, 1.165) is 18.7 Å². The van der Waals surface area contributed by atoms with Gasteiger partial charge < -0.3 is 20.1 Å². The second-order valence-electron chi connectivity index (χ2n) is 7.32. The summed E-state index contributed by atoms with van der Waals surface area (Å²) in [4.78, 5) is 32.0. The van der Waals surface area contributed by atoms with Gasteiger partial charge in [0.25, 0.3) is 0 Å². The molecule has 3 aromatic heterocycles. The van der Waals surface area contributed by atoms with Crippen LogP contribution in [0.25, 0.3) is 11.2 Å². The molecular weight excluding hydrogens is 392 g/mol. The average molecular weight is 414 g/mol. The van der Waals surface area contributed by atoms with Crippen molar-refractivity contribution in [2.75, 3.05) is 23.7 Å². The largest absolute Gasteiger partial charge is 0.341 e. The summed E-state index contributed by atoms with van der Waals surface area (Å²) in [5, 5.41) is 6.50. The monoisotopic (exact) mass is 414 g/mol. The molecule has 31 heavy (non-hydrogen) atoms. The van der Waals surface area contributed by atoms with Crippen LogP contribution in [0.4, 0.5) is 23.3 Å². The molecule has 0 radical (unpaired) electrons. The van der Waals surface area contributed by atoms with Gasteiger partial charge >= 0.3 is 0 Å². The zero-order valence-electron chi connectivity index (χ0n) is 16.9. The Labute approximate surface area is 179 Å². The van der Waals surface area contributed by atoms with E-state index in [2.05, 4.69) is 25.6 Å². The number of fused-ring (bicyclic) bond motifs is 1. The van der Waals surface area contributed by atoms with E-state index in [4.69, 9.17) is 4.98 Å². The fourth-order valence-corrected chi connectivity index (χ4v) is 3.63. The molecule has 0 spiro atoms. The number of nitrogens with zero attached hydrogens (tertiary/aromatic N) is 6. The van der Waals surface area contributed by atoms with E-state index in [0.29, 0.717) is 48.3 Å². The number of pyridine rings is 1. The van der Waals surface area contributed by atoms with Gasteiger partial charge in [-0.3, -0.25) is 4.79 Å². The van der Waals surface area contributed by atoms with Crippen LogP contribution in [0.5, 0.6) is 0 Å². The highest BCUT2D eigenvalue weighted by Gasteiger charge is 2.20. The number of imidazole rings is 1. The Hall–Kier alpha value is -4.01. The summed E-state index contributed by atoms with van der Waals surface area (Å²) >= 11 is 0. The maximum absolute atomic E-state index is 12.0. The van der Waals surface area contributed by atoms with Gasteiger partial charge in [-0.2, -0.15) is 9.97 Å². The Morgan fingerprint density at radius 2 is 1.81 bits per heavy atom. The first-order valence-electron chi connectivity index (χ1n) is 10.3. The summed E-state index contributed by atoms with van der Waals surface area (Å²) in [5.74, 6) is 1.89. The number of para-hydroxylation sites is 1. The Kier molecular flexibility index (Phi) is 5.14. The number of hydrogen-bond donors (Lipinski definition) is 2. The molecule has 1 saturated heterocycles. The van der Waals surface area contributed by atoms with Crippen LogP contribution in [0.15, 0.2) is 61.1 Å². The van der Waals surface area contributed by atoms with E-state index in [1.807, 2.05) is 58.0 Å². The highest BCUT2D eigenvalue weighted by Crippen LogP contribution is 2.25. The summed E-state index contributed by atoms with van der Waals surface area (Å²) < 4.78 is 1.96. The summed E-state index contributed by atoms with van der Waals surface area (Å²) in [6.07, 6.45) is 5.02. The number of aromatic nitrogens is 5. The molecule has 4 heterocycles. The predicted octanol–water partition coefficient (Wildman–Crippen LogP) is 3.33. The minimum absolute atomic E-state index is 0.211. The third kappa shape index (κ3) is 4.16. The average Bonchev–Trinajstić information content (AvgIpc) is 3.39. The summed E-state index contributed by atoms with van der Waals surface area (Å²) in [7, 11) is 0. The van der Waals surface area contributed by atoms with Crippen LogP contribution in [-0.4, -0.2) is 48.4 Å². The van der Waals surface area contributed by atoms with Crippen LogP contribution >= 0.6 is 0 Å². The maximum Gasteiger partial charge on any atom is 0.232 e. The number of carbonyl (C=O) groups is 1. The zero-order valence-corrected chi connectivity index (χ0v) is 16.9. The van der Waals surface area contributed by atoms with Gasteiger partial charge in [-0.15, -0.1) is 0 Å². The summed E-state index contributed by atoms with van der Waals surface area (Å²) in [6.45, 7) is 2.07. The molecule has 1 aliphatic heterocycles. The lowest BCUT2D eigenvalue weighted by atomic mass is 10.3. The van der Waals surface area contributed by atoms with Gasteiger partial charge in [0, 0.05) is 37.9 Å². The number of anilines is 4. The van der Waals surface area contributed by atoms with Gasteiger partial charge in [0.05, 0.1) is 6.33 Å². The summed E-state index contributed by atoms with van der Waals surface area (Å²) in [6, 6.07) is 15.4. The second kappa shape index (κ2) is 8.39. The molecule has 0 aliphatic carbocycles. The van der Waals surface area contributed by atoms with E-state index in [-0.39, 0.29) is 5.91 Å². The van der Waals surface area contributed by atoms with E-state index < -0.39 is 0 Å². The molecule has 0 bridgehead atoms. The minimum atomic E-state index is 0.211. The Bertz CT molecular complexity index is 1190. The van der Waals surface area contributed by atoms with Crippen LogP contribution in [0.2, 0.25) is 0 Å². The molecule has 1 fully saturated rings. The van der Waals surface area contributed by atoms with Gasteiger partial charge in [0.15, 0.2) is 17.0 Å². The van der Waals surface area contributed by atoms with E-state index in [9.17, 15) is 4.79 Å². The smallest absolute Gasteiger partial charge is 0.232 e. The van der Waals surface area contributed by atoms with E-state index in [1.165, 1.54) is 0 Å². The topological polar surface area (TPSA) is 101 Å². The maximum atomic E-state index is 12.0. The molecule has 1 amide bonds. The number of carbonyl (C=O) groups excluding carboxylic acids is 1. The molecule has 9 nitrogen and oxygen atoms in total. The fraction of sp³-hybridized carbons (Fsp3) is 0.227. The predicted molar refractivity (Wildman–Crippen MR) is 118 cm³/mol.